The Bertz CT molecular complexity index is 1600. The van der Waals surface area contributed by atoms with Gasteiger partial charge in [-0.1, -0.05) is 49.4 Å². The standard InChI is InChI=1S/C34H36N2O6S/c1-32-14-12-21(37)17-20(32)10-11-22-23-13-15-34(33(23,2)18-26(38)29(22)32,42-30(40)25-8-5-6-16-35-25)28(39)19-43-31-36-24-7-3-4-9-27(24)41-31/h3-9,16-17,22-23,26,29,38H,10-15,18-19H2,1-2H3/t22?,23?,26?,29?,32?,33?,34-/m0/s1. The quantitative estimate of drug-likeness (QED) is 0.269. The molecular weight excluding hydrogens is 564 g/mol. The van der Waals surface area contributed by atoms with E-state index in [0.29, 0.717) is 42.0 Å². The number of aliphatic hydroxyl groups excluding tert-OH is 1. The topological polar surface area (TPSA) is 120 Å². The van der Waals surface area contributed by atoms with Gasteiger partial charge < -0.3 is 14.3 Å². The average molecular weight is 601 g/mol. The maximum absolute atomic E-state index is 14.5. The van der Waals surface area contributed by atoms with E-state index in [9.17, 15) is 19.5 Å². The van der Waals surface area contributed by atoms with Crippen molar-refractivity contribution >= 4 is 40.4 Å². The number of oxazole rings is 1. The largest absolute Gasteiger partial charge is 0.446 e. The van der Waals surface area contributed by atoms with Crippen LogP contribution in [0, 0.1) is 28.6 Å². The molecule has 6 unspecified atom stereocenters. The summed E-state index contributed by atoms with van der Waals surface area (Å²) in [6.07, 6.45) is 6.97. The predicted molar refractivity (Wildman–Crippen MR) is 160 cm³/mol. The lowest BCUT2D eigenvalue weighted by atomic mass is 9.45. The third-order valence-corrected chi connectivity index (χ3v) is 12.0. The van der Waals surface area contributed by atoms with E-state index in [4.69, 9.17) is 9.15 Å². The van der Waals surface area contributed by atoms with Crippen LogP contribution in [0.2, 0.25) is 0 Å². The molecular formula is C34H36N2O6S. The number of esters is 1. The van der Waals surface area contributed by atoms with Crippen LogP contribution < -0.4 is 0 Å². The van der Waals surface area contributed by atoms with Crippen LogP contribution in [0.4, 0.5) is 0 Å². The number of carbonyl (C=O) groups excluding carboxylic acids is 3. The lowest BCUT2D eigenvalue weighted by Crippen LogP contribution is -2.63. The Labute approximate surface area is 254 Å². The molecule has 7 rings (SSSR count). The first-order valence-electron chi connectivity index (χ1n) is 15.2. The molecule has 8 nitrogen and oxygen atoms in total. The lowest BCUT2D eigenvalue weighted by molar-refractivity contribution is -0.180. The molecule has 3 aromatic rings. The number of rotatable bonds is 6. The van der Waals surface area contributed by atoms with Crippen molar-refractivity contribution in [2.24, 2.45) is 28.6 Å². The van der Waals surface area contributed by atoms with Gasteiger partial charge in [0.2, 0.25) is 0 Å². The molecule has 0 aliphatic heterocycles. The predicted octanol–water partition coefficient (Wildman–Crippen LogP) is 5.98. The van der Waals surface area contributed by atoms with Gasteiger partial charge in [0.05, 0.1) is 11.9 Å². The fourth-order valence-electron chi connectivity index (χ4n) is 9.21. The van der Waals surface area contributed by atoms with Gasteiger partial charge in [0.25, 0.3) is 5.22 Å². The zero-order valence-electron chi connectivity index (χ0n) is 24.5. The summed E-state index contributed by atoms with van der Waals surface area (Å²) >= 11 is 1.20. The summed E-state index contributed by atoms with van der Waals surface area (Å²) in [6.45, 7) is 4.25. The van der Waals surface area contributed by atoms with E-state index < -0.39 is 23.1 Å². The molecule has 224 valence electrons. The lowest BCUT2D eigenvalue weighted by Gasteiger charge is -2.60. The number of Topliss-reactive ketones (excluding diaryl/α,β-unsaturated/α-hetero) is 1. The first-order chi connectivity index (χ1) is 20.6. The molecule has 9 heteroatoms. The van der Waals surface area contributed by atoms with Crippen LogP contribution in [0.3, 0.4) is 0 Å². The first-order valence-corrected chi connectivity index (χ1v) is 16.2. The maximum Gasteiger partial charge on any atom is 0.357 e. The van der Waals surface area contributed by atoms with E-state index >= 15 is 0 Å². The van der Waals surface area contributed by atoms with Crippen molar-refractivity contribution in [1.29, 1.82) is 0 Å². The highest BCUT2D eigenvalue weighted by Crippen LogP contribution is 2.68. The van der Waals surface area contributed by atoms with E-state index in [1.165, 1.54) is 18.0 Å². The molecule has 0 amide bonds. The fraction of sp³-hybridized carbons (Fsp3) is 0.500. The molecule has 7 atom stereocenters. The van der Waals surface area contributed by atoms with Crippen LogP contribution in [-0.4, -0.2) is 50.1 Å². The molecule has 3 fully saturated rings. The van der Waals surface area contributed by atoms with E-state index in [1.807, 2.05) is 37.3 Å². The minimum absolute atomic E-state index is 0.00908. The fourth-order valence-corrected chi connectivity index (χ4v) is 10.0. The van der Waals surface area contributed by atoms with Crippen LogP contribution in [0.25, 0.3) is 11.1 Å². The van der Waals surface area contributed by atoms with Crippen LogP contribution in [0.1, 0.15) is 69.3 Å². The number of allylic oxidation sites excluding steroid dienone is 1. The van der Waals surface area contributed by atoms with E-state index in [-0.39, 0.29) is 46.2 Å². The summed E-state index contributed by atoms with van der Waals surface area (Å²) in [5.41, 5.74) is 0.202. The Balaban J connectivity index is 1.23. The number of thioether (sulfide) groups is 1. The van der Waals surface area contributed by atoms with Crippen molar-refractivity contribution in [2.75, 3.05) is 5.75 Å². The number of ether oxygens (including phenoxy) is 1. The van der Waals surface area contributed by atoms with Crippen LogP contribution in [0.5, 0.6) is 0 Å². The molecule has 0 saturated heterocycles. The molecule has 43 heavy (non-hydrogen) atoms. The van der Waals surface area contributed by atoms with Gasteiger partial charge in [-0.3, -0.25) is 9.59 Å². The Morgan fingerprint density at radius 2 is 1.91 bits per heavy atom. The normalized spacial score (nSPS) is 35.0. The number of nitrogens with zero attached hydrogens (tertiary/aromatic N) is 2. The second kappa shape index (κ2) is 10.4. The monoisotopic (exact) mass is 600 g/mol. The molecule has 3 saturated carbocycles. The van der Waals surface area contributed by atoms with E-state index in [1.54, 1.807) is 18.2 Å². The van der Waals surface area contributed by atoms with E-state index in [0.717, 1.165) is 24.8 Å². The highest BCUT2D eigenvalue weighted by Gasteiger charge is 2.70. The number of aliphatic hydroxyl groups is 1. The number of carbonyl (C=O) groups is 3. The van der Waals surface area contributed by atoms with Crippen molar-refractivity contribution in [1.82, 2.24) is 9.97 Å². The number of hydrogen-bond acceptors (Lipinski definition) is 9. The molecule has 1 N–H and O–H groups in total. The van der Waals surface area contributed by atoms with Crippen LogP contribution >= 0.6 is 11.8 Å². The molecule has 4 aliphatic rings. The molecule has 1 aromatic carbocycles. The summed E-state index contributed by atoms with van der Waals surface area (Å²) < 4.78 is 12.2. The van der Waals surface area contributed by atoms with Gasteiger partial charge in [-0.2, -0.15) is 0 Å². The maximum atomic E-state index is 14.5. The molecule has 2 heterocycles. The smallest absolute Gasteiger partial charge is 0.357 e. The Kier molecular flexibility index (Phi) is 6.89. The van der Waals surface area contributed by atoms with Gasteiger partial charge >= 0.3 is 5.97 Å². The van der Waals surface area contributed by atoms with Crippen molar-refractivity contribution in [2.45, 2.75) is 75.7 Å². The zero-order valence-corrected chi connectivity index (χ0v) is 25.3. The summed E-state index contributed by atoms with van der Waals surface area (Å²) in [4.78, 5) is 49.0. The van der Waals surface area contributed by atoms with Crippen molar-refractivity contribution in [3.63, 3.8) is 0 Å². The van der Waals surface area contributed by atoms with Crippen molar-refractivity contribution in [3.8, 4) is 0 Å². The van der Waals surface area contributed by atoms with Gasteiger partial charge in [0, 0.05) is 18.0 Å². The highest BCUT2D eigenvalue weighted by molar-refractivity contribution is 7.99. The highest BCUT2D eigenvalue weighted by atomic mass is 32.2. The van der Waals surface area contributed by atoms with E-state index in [2.05, 4.69) is 16.9 Å². The number of benzene rings is 1. The molecule has 4 aliphatic carbocycles. The molecule has 0 bridgehead atoms. The number of fused-ring (bicyclic) bond motifs is 6. The molecule has 0 radical (unpaired) electrons. The van der Waals surface area contributed by atoms with Gasteiger partial charge in [0.15, 0.2) is 22.8 Å². The Hall–Kier alpha value is -3.30. The minimum Gasteiger partial charge on any atom is -0.446 e. The van der Waals surface area contributed by atoms with Crippen molar-refractivity contribution in [3.05, 3.63) is 66.0 Å². The molecule has 0 spiro atoms. The number of ketones is 2. The Morgan fingerprint density at radius 1 is 1.09 bits per heavy atom. The number of aromatic nitrogens is 2. The number of para-hydroxylation sites is 2. The van der Waals surface area contributed by atoms with Gasteiger partial charge in [0.1, 0.15) is 11.2 Å². The van der Waals surface area contributed by atoms with Crippen LogP contribution in [-0.2, 0) is 14.3 Å². The third kappa shape index (κ3) is 4.41. The second-order valence-corrected chi connectivity index (χ2v) is 14.1. The molecule has 2 aromatic heterocycles. The number of pyridine rings is 1. The van der Waals surface area contributed by atoms with Crippen LogP contribution in [0.15, 0.2) is 70.0 Å². The van der Waals surface area contributed by atoms with Gasteiger partial charge in [-0.15, -0.1) is 0 Å². The van der Waals surface area contributed by atoms with Gasteiger partial charge in [-0.05, 0) is 92.0 Å². The SMILES string of the molecule is CC12CCC(=O)C=C1CCC1C2C(O)CC2(C)C1CC[C@]2(OC(=O)c1ccccn1)C(=O)CSc1nc2ccccc2o1. The summed E-state index contributed by atoms with van der Waals surface area (Å²) in [5.74, 6) is -0.434. The average Bonchev–Trinajstić information content (AvgIpc) is 3.55. The van der Waals surface area contributed by atoms with Gasteiger partial charge in [-0.25, -0.2) is 14.8 Å². The zero-order chi connectivity index (χ0) is 30.0. The first kappa shape index (κ1) is 28.5. The Morgan fingerprint density at radius 3 is 2.70 bits per heavy atom. The summed E-state index contributed by atoms with van der Waals surface area (Å²) in [5, 5.41) is 12.3. The second-order valence-electron chi connectivity index (χ2n) is 13.2. The number of hydrogen-bond donors (Lipinski definition) is 1. The summed E-state index contributed by atoms with van der Waals surface area (Å²) in [7, 11) is 0. The third-order valence-electron chi connectivity index (χ3n) is 11.2. The summed E-state index contributed by atoms with van der Waals surface area (Å²) in [6, 6.07) is 12.5. The minimum atomic E-state index is -1.43. The van der Waals surface area contributed by atoms with Crippen molar-refractivity contribution < 1.29 is 28.6 Å².